The van der Waals surface area contributed by atoms with Crippen molar-refractivity contribution < 1.29 is 26.4 Å². The van der Waals surface area contributed by atoms with Gasteiger partial charge in [-0.1, -0.05) is 30.3 Å². The van der Waals surface area contributed by atoms with E-state index < -0.39 is 22.1 Å². The highest BCUT2D eigenvalue weighted by Gasteiger charge is 2.44. The quantitative estimate of drug-likeness (QED) is 0.628. The first kappa shape index (κ1) is 23.1. The summed E-state index contributed by atoms with van der Waals surface area (Å²) in [6.45, 7) is -1.30. The van der Waals surface area contributed by atoms with Gasteiger partial charge in [-0.3, -0.25) is 4.79 Å². The summed E-state index contributed by atoms with van der Waals surface area (Å²) in [6, 6.07) is 16.0. The highest BCUT2D eigenvalue weighted by Crippen LogP contribution is 2.29. The number of carbonyl (C=O) groups excluding carboxylic acids is 1. The molecule has 0 saturated carbocycles. The van der Waals surface area contributed by atoms with Crippen LogP contribution in [0.3, 0.4) is 0 Å². The molecule has 164 valence electrons. The minimum atomic E-state index is -5.00. The molecule has 0 N–H and O–H groups in total. The van der Waals surface area contributed by atoms with Gasteiger partial charge < -0.3 is 4.90 Å². The zero-order chi connectivity index (χ0) is 22.6. The van der Waals surface area contributed by atoms with E-state index in [1.54, 1.807) is 6.07 Å². The Hall–Kier alpha value is -2.55. The predicted molar refractivity (Wildman–Crippen MR) is 109 cm³/mol. The van der Waals surface area contributed by atoms with Gasteiger partial charge in [-0.05, 0) is 23.8 Å². The van der Waals surface area contributed by atoms with E-state index in [9.17, 15) is 31.6 Å². The van der Waals surface area contributed by atoms with Crippen LogP contribution in [-0.2, 0) is 20.6 Å². The van der Waals surface area contributed by atoms with Crippen LogP contribution in [-0.4, -0.2) is 55.9 Å². The summed E-state index contributed by atoms with van der Waals surface area (Å²) in [6.07, 6.45) is -5.00. The van der Waals surface area contributed by atoms with Gasteiger partial charge in [0.15, 0.2) is 0 Å². The topological polar surface area (TPSA) is 81.5 Å². The van der Waals surface area contributed by atoms with Gasteiger partial charge in [0.25, 0.3) is 0 Å². The normalized spacial score (nSPS) is 15.5. The van der Waals surface area contributed by atoms with E-state index >= 15 is 0 Å². The summed E-state index contributed by atoms with van der Waals surface area (Å²) < 4.78 is 64.7. The van der Waals surface area contributed by atoms with Crippen molar-refractivity contribution in [2.75, 3.05) is 26.2 Å². The van der Waals surface area contributed by atoms with Gasteiger partial charge in [-0.2, -0.15) is 22.7 Å². The molecule has 31 heavy (non-hydrogen) atoms. The van der Waals surface area contributed by atoms with Crippen LogP contribution in [0, 0.1) is 11.3 Å². The maximum atomic E-state index is 13.0. The number of amides is 1. The molecule has 6 nitrogen and oxygen atoms in total. The smallest absolute Gasteiger partial charge is 0.332 e. The second kappa shape index (κ2) is 9.30. The largest absolute Gasteiger partial charge is 0.471 e. The molecule has 1 aliphatic rings. The van der Waals surface area contributed by atoms with Crippen LogP contribution < -0.4 is 0 Å². The number of benzene rings is 2. The summed E-state index contributed by atoms with van der Waals surface area (Å²) in [5.74, 6) is -1.34. The molecule has 0 aromatic heterocycles. The van der Waals surface area contributed by atoms with E-state index in [4.69, 9.17) is 0 Å². The van der Waals surface area contributed by atoms with Gasteiger partial charge in [0, 0.05) is 36.8 Å². The van der Waals surface area contributed by atoms with Crippen molar-refractivity contribution in [2.45, 2.75) is 21.7 Å². The maximum Gasteiger partial charge on any atom is 0.471 e. The van der Waals surface area contributed by atoms with Crippen LogP contribution in [0.25, 0.3) is 0 Å². The molecule has 2 aromatic carbocycles. The lowest BCUT2D eigenvalue weighted by atomic mass is 10.2. The Morgan fingerprint density at radius 2 is 1.71 bits per heavy atom. The van der Waals surface area contributed by atoms with Crippen LogP contribution in [0.15, 0.2) is 58.3 Å². The number of nitriles is 1. The summed E-state index contributed by atoms with van der Waals surface area (Å²) in [4.78, 5) is 12.4. The molecule has 0 bridgehead atoms. The monoisotopic (exact) mass is 469 g/mol. The first-order valence-corrected chi connectivity index (χ1v) is 11.6. The average Bonchev–Trinajstić information content (AvgIpc) is 2.77. The number of thioether (sulfide) groups is 1. The first-order chi connectivity index (χ1) is 14.6. The molecule has 1 aliphatic heterocycles. The minimum absolute atomic E-state index is 0.0353. The number of halogens is 3. The molecule has 0 radical (unpaired) electrons. The van der Waals surface area contributed by atoms with Crippen molar-refractivity contribution in [2.24, 2.45) is 0 Å². The van der Waals surface area contributed by atoms with E-state index in [2.05, 4.69) is 0 Å². The van der Waals surface area contributed by atoms with Crippen molar-refractivity contribution in [1.82, 2.24) is 9.21 Å². The number of alkyl halides is 3. The van der Waals surface area contributed by atoms with Crippen molar-refractivity contribution in [1.29, 1.82) is 5.26 Å². The fraction of sp³-hybridized carbons (Fsp3) is 0.300. The van der Waals surface area contributed by atoms with Crippen LogP contribution in [0.4, 0.5) is 13.2 Å². The third-order valence-electron chi connectivity index (χ3n) is 4.71. The van der Waals surface area contributed by atoms with Crippen molar-refractivity contribution in [3.63, 3.8) is 0 Å². The number of carbonyl (C=O) groups is 1. The van der Waals surface area contributed by atoms with E-state index in [0.29, 0.717) is 10.7 Å². The van der Waals surface area contributed by atoms with Crippen molar-refractivity contribution in [3.05, 3.63) is 59.7 Å². The molecule has 1 fully saturated rings. The Balaban J connectivity index is 1.72. The number of rotatable bonds is 5. The van der Waals surface area contributed by atoms with Gasteiger partial charge in [0.05, 0.1) is 5.56 Å². The lowest BCUT2D eigenvalue weighted by Gasteiger charge is -2.34. The molecule has 2 aromatic rings. The minimum Gasteiger partial charge on any atom is -0.332 e. The Bertz CT molecular complexity index is 1090. The molecule has 0 atom stereocenters. The number of piperazine rings is 1. The summed E-state index contributed by atoms with van der Waals surface area (Å²) in [7, 11) is -4.09. The van der Waals surface area contributed by atoms with E-state index in [-0.39, 0.29) is 36.6 Å². The lowest BCUT2D eigenvalue weighted by Crippen LogP contribution is -2.53. The molecule has 0 spiro atoms. The van der Waals surface area contributed by atoms with Gasteiger partial charge >= 0.3 is 12.1 Å². The standard InChI is InChI=1S/C20H18F3N3O3S2/c21-20(22,23)19(27)25-8-10-26(11-9-25)31(28,29)18-7-6-17(12-16(18)13-24)30-14-15-4-2-1-3-5-15/h1-7,12H,8-11,14H2. The van der Waals surface area contributed by atoms with Crippen LogP contribution in [0.2, 0.25) is 0 Å². The molecule has 1 amide bonds. The van der Waals surface area contributed by atoms with Gasteiger partial charge in [0.1, 0.15) is 11.0 Å². The van der Waals surface area contributed by atoms with Crippen LogP contribution >= 0.6 is 11.8 Å². The Kier molecular flexibility index (Phi) is 6.93. The van der Waals surface area contributed by atoms with Gasteiger partial charge in [-0.15, -0.1) is 11.8 Å². The summed E-state index contributed by atoms with van der Waals surface area (Å²) in [5.41, 5.74) is 1.04. The van der Waals surface area contributed by atoms with Crippen LogP contribution in [0.1, 0.15) is 11.1 Å². The van der Waals surface area contributed by atoms with E-state index in [1.807, 2.05) is 36.4 Å². The Labute approximate surface area is 182 Å². The van der Waals surface area contributed by atoms with E-state index in [0.717, 1.165) is 14.8 Å². The fourth-order valence-corrected chi connectivity index (χ4v) is 5.54. The second-order valence-corrected chi connectivity index (χ2v) is 9.69. The second-order valence-electron chi connectivity index (χ2n) is 6.74. The highest BCUT2D eigenvalue weighted by molar-refractivity contribution is 7.98. The molecular weight excluding hydrogens is 451 g/mol. The Morgan fingerprint density at radius 1 is 1.06 bits per heavy atom. The summed E-state index contributed by atoms with van der Waals surface area (Å²) in [5, 5.41) is 9.47. The lowest BCUT2D eigenvalue weighted by molar-refractivity contribution is -0.186. The number of hydrogen-bond acceptors (Lipinski definition) is 5. The molecule has 1 saturated heterocycles. The molecule has 0 unspecified atom stereocenters. The highest BCUT2D eigenvalue weighted by atomic mass is 32.2. The SMILES string of the molecule is N#Cc1cc(SCc2ccccc2)ccc1S(=O)(=O)N1CCN(C(=O)C(F)(F)F)CC1. The predicted octanol–water partition coefficient (Wildman–Crippen LogP) is 3.25. The number of sulfonamides is 1. The van der Waals surface area contributed by atoms with Crippen molar-refractivity contribution in [3.8, 4) is 6.07 Å². The molecule has 3 rings (SSSR count). The maximum absolute atomic E-state index is 13.0. The molecular formula is C20H18F3N3O3S2. The van der Waals surface area contributed by atoms with Gasteiger partial charge in [0.2, 0.25) is 10.0 Å². The van der Waals surface area contributed by atoms with Crippen molar-refractivity contribution >= 4 is 27.7 Å². The number of nitrogens with zero attached hydrogens (tertiary/aromatic N) is 3. The molecule has 1 heterocycles. The fourth-order valence-electron chi connectivity index (χ4n) is 3.10. The van der Waals surface area contributed by atoms with E-state index in [1.165, 1.54) is 23.9 Å². The first-order valence-electron chi connectivity index (χ1n) is 9.20. The zero-order valence-electron chi connectivity index (χ0n) is 16.2. The third kappa shape index (κ3) is 5.39. The molecule has 0 aliphatic carbocycles. The summed E-state index contributed by atoms with van der Waals surface area (Å²) >= 11 is 1.45. The van der Waals surface area contributed by atoms with Crippen LogP contribution in [0.5, 0.6) is 0 Å². The average molecular weight is 470 g/mol. The molecule has 11 heteroatoms. The van der Waals surface area contributed by atoms with Gasteiger partial charge in [-0.25, -0.2) is 8.42 Å². The third-order valence-corrected chi connectivity index (χ3v) is 7.73. The number of hydrogen-bond donors (Lipinski definition) is 0. The Morgan fingerprint density at radius 3 is 2.29 bits per heavy atom. The zero-order valence-corrected chi connectivity index (χ0v) is 17.8.